The van der Waals surface area contributed by atoms with E-state index in [0.717, 1.165) is 23.1 Å². The maximum absolute atomic E-state index is 12.5. The number of hydrogen-bond acceptors (Lipinski definition) is 4. The fourth-order valence-corrected chi connectivity index (χ4v) is 3.54. The Morgan fingerprint density at radius 1 is 1.12 bits per heavy atom. The molecule has 4 aromatic rings. The summed E-state index contributed by atoms with van der Waals surface area (Å²) < 4.78 is 11.5. The molecule has 1 N–H and O–H groups in total. The van der Waals surface area contributed by atoms with Crippen LogP contribution in [0.2, 0.25) is 5.02 Å². The molecule has 3 aromatic carbocycles. The van der Waals surface area contributed by atoms with Crippen LogP contribution in [-0.4, -0.2) is 17.5 Å². The number of ether oxygens (including phenoxy) is 1. The molecule has 0 aliphatic carbocycles. The molecule has 0 unspecified atom stereocenters. The molecule has 164 valence electrons. The summed E-state index contributed by atoms with van der Waals surface area (Å²) in [5, 5.41) is 3.23. The third-order valence-electron chi connectivity index (χ3n) is 5.46. The Labute approximate surface area is 192 Å². The number of rotatable bonds is 7. The van der Waals surface area contributed by atoms with Gasteiger partial charge in [-0.05, 0) is 72.9 Å². The van der Waals surface area contributed by atoms with Crippen molar-refractivity contribution < 1.29 is 13.9 Å². The number of anilines is 1. The largest absolute Gasteiger partial charge is 0.484 e. The van der Waals surface area contributed by atoms with Crippen LogP contribution >= 0.6 is 11.6 Å². The predicted octanol–water partition coefficient (Wildman–Crippen LogP) is 6.99. The SMILES string of the molecule is CC[C@@H](C)c1ccc(OCC(=O)Nc2cc(-c3nc4cc(C)ccc4o3)ccc2Cl)cc1. The minimum atomic E-state index is -0.303. The van der Waals surface area contributed by atoms with Crippen LogP contribution in [0.1, 0.15) is 37.3 Å². The van der Waals surface area contributed by atoms with E-state index in [9.17, 15) is 4.79 Å². The Hall–Kier alpha value is -3.31. The molecule has 0 saturated heterocycles. The van der Waals surface area contributed by atoms with Crippen LogP contribution in [0.3, 0.4) is 0 Å². The predicted molar refractivity (Wildman–Crippen MR) is 128 cm³/mol. The quantitative estimate of drug-likeness (QED) is 0.331. The van der Waals surface area contributed by atoms with Gasteiger partial charge in [0.2, 0.25) is 5.89 Å². The van der Waals surface area contributed by atoms with Crippen LogP contribution in [0.25, 0.3) is 22.6 Å². The van der Waals surface area contributed by atoms with Gasteiger partial charge in [-0.1, -0.05) is 43.6 Å². The van der Waals surface area contributed by atoms with Gasteiger partial charge in [-0.3, -0.25) is 4.79 Å². The second-order valence-electron chi connectivity index (χ2n) is 7.90. The molecule has 0 bridgehead atoms. The zero-order chi connectivity index (χ0) is 22.7. The van der Waals surface area contributed by atoms with Crippen LogP contribution in [0.15, 0.2) is 65.1 Å². The average Bonchev–Trinajstić information content (AvgIpc) is 3.22. The van der Waals surface area contributed by atoms with Crippen LogP contribution in [0.5, 0.6) is 5.75 Å². The van der Waals surface area contributed by atoms with E-state index >= 15 is 0 Å². The molecule has 0 aliphatic heterocycles. The summed E-state index contributed by atoms with van der Waals surface area (Å²) in [6.07, 6.45) is 1.08. The summed E-state index contributed by atoms with van der Waals surface area (Å²) in [5.41, 5.74) is 5.05. The van der Waals surface area contributed by atoms with Gasteiger partial charge in [0.1, 0.15) is 11.3 Å². The smallest absolute Gasteiger partial charge is 0.262 e. The lowest BCUT2D eigenvalue weighted by molar-refractivity contribution is -0.118. The van der Waals surface area contributed by atoms with Crippen LogP contribution in [0.4, 0.5) is 5.69 Å². The number of carbonyl (C=O) groups is 1. The van der Waals surface area contributed by atoms with Crippen molar-refractivity contribution in [2.24, 2.45) is 0 Å². The molecule has 1 atom stereocenters. The molecule has 6 heteroatoms. The lowest BCUT2D eigenvalue weighted by Crippen LogP contribution is -2.20. The number of benzene rings is 3. The van der Waals surface area contributed by atoms with E-state index in [1.165, 1.54) is 5.56 Å². The molecule has 0 aliphatic rings. The highest BCUT2D eigenvalue weighted by Gasteiger charge is 2.13. The van der Waals surface area contributed by atoms with Gasteiger partial charge in [-0.15, -0.1) is 0 Å². The van der Waals surface area contributed by atoms with Crippen molar-refractivity contribution in [3.05, 3.63) is 76.8 Å². The molecular weight excluding hydrogens is 424 g/mol. The summed E-state index contributed by atoms with van der Waals surface area (Å²) in [7, 11) is 0. The monoisotopic (exact) mass is 448 g/mol. The molecule has 0 radical (unpaired) electrons. The van der Waals surface area contributed by atoms with E-state index in [1.54, 1.807) is 12.1 Å². The number of nitrogens with zero attached hydrogens (tertiary/aromatic N) is 1. The van der Waals surface area contributed by atoms with Gasteiger partial charge in [-0.2, -0.15) is 0 Å². The van der Waals surface area contributed by atoms with Gasteiger partial charge in [-0.25, -0.2) is 4.98 Å². The summed E-state index contributed by atoms with van der Waals surface area (Å²) in [6, 6.07) is 18.9. The molecule has 5 nitrogen and oxygen atoms in total. The van der Waals surface area contributed by atoms with Crippen LogP contribution in [0, 0.1) is 6.92 Å². The maximum atomic E-state index is 12.5. The topological polar surface area (TPSA) is 64.4 Å². The number of aryl methyl sites for hydroxylation is 1. The Balaban J connectivity index is 1.43. The molecule has 4 rings (SSSR count). The number of fused-ring (bicyclic) bond motifs is 1. The normalized spacial score (nSPS) is 12.0. The number of amides is 1. The first-order valence-electron chi connectivity index (χ1n) is 10.6. The third kappa shape index (κ3) is 4.94. The third-order valence-corrected chi connectivity index (χ3v) is 5.79. The molecule has 32 heavy (non-hydrogen) atoms. The number of nitrogens with one attached hydrogen (secondary N) is 1. The highest BCUT2D eigenvalue weighted by Crippen LogP contribution is 2.31. The number of carbonyl (C=O) groups excluding carboxylic acids is 1. The fraction of sp³-hybridized carbons (Fsp3) is 0.231. The summed E-state index contributed by atoms with van der Waals surface area (Å²) >= 11 is 6.30. The van der Waals surface area contributed by atoms with Crippen LogP contribution in [-0.2, 0) is 4.79 Å². The van der Waals surface area contributed by atoms with Crippen molar-refractivity contribution >= 4 is 34.3 Å². The van der Waals surface area contributed by atoms with E-state index < -0.39 is 0 Å². The average molecular weight is 449 g/mol. The van der Waals surface area contributed by atoms with E-state index in [2.05, 4.69) is 24.1 Å². The van der Waals surface area contributed by atoms with Gasteiger partial charge in [0.15, 0.2) is 12.2 Å². The first-order valence-corrected chi connectivity index (χ1v) is 11.0. The van der Waals surface area contributed by atoms with Gasteiger partial charge >= 0.3 is 0 Å². The maximum Gasteiger partial charge on any atom is 0.262 e. The second kappa shape index (κ2) is 9.45. The standard InChI is InChI=1S/C26H25ClN2O3/c1-4-17(3)18-6-9-20(10-7-18)31-15-25(30)28-22-14-19(8-11-21(22)27)26-29-23-13-16(2)5-12-24(23)32-26/h5-14,17H,4,15H2,1-3H3,(H,28,30)/t17-/m1/s1. The van der Waals surface area contributed by atoms with E-state index in [0.29, 0.717) is 33.9 Å². The summed E-state index contributed by atoms with van der Waals surface area (Å²) in [6.45, 7) is 6.23. The zero-order valence-electron chi connectivity index (χ0n) is 18.3. The van der Waals surface area contributed by atoms with Gasteiger partial charge in [0, 0.05) is 5.56 Å². The number of aromatic nitrogens is 1. The summed E-state index contributed by atoms with van der Waals surface area (Å²) in [5.74, 6) is 1.31. The molecule has 0 saturated carbocycles. The zero-order valence-corrected chi connectivity index (χ0v) is 19.1. The molecule has 1 aromatic heterocycles. The van der Waals surface area contributed by atoms with Gasteiger partial charge in [0.25, 0.3) is 5.91 Å². The number of halogens is 1. The van der Waals surface area contributed by atoms with Gasteiger partial charge < -0.3 is 14.5 Å². The Kier molecular flexibility index (Phi) is 6.47. The van der Waals surface area contributed by atoms with Gasteiger partial charge in [0.05, 0.1) is 10.7 Å². The lowest BCUT2D eigenvalue weighted by atomic mass is 9.99. The van der Waals surface area contributed by atoms with Crippen molar-refractivity contribution in [3.8, 4) is 17.2 Å². The van der Waals surface area contributed by atoms with Crippen LogP contribution < -0.4 is 10.1 Å². The van der Waals surface area contributed by atoms with E-state index in [-0.39, 0.29) is 12.5 Å². The summed E-state index contributed by atoms with van der Waals surface area (Å²) in [4.78, 5) is 17.0. The number of oxazole rings is 1. The first-order chi connectivity index (χ1) is 15.4. The first kappa shape index (κ1) is 21.9. The molecule has 0 spiro atoms. The van der Waals surface area contributed by atoms with Crippen molar-refractivity contribution in [3.63, 3.8) is 0 Å². The second-order valence-corrected chi connectivity index (χ2v) is 8.31. The van der Waals surface area contributed by atoms with Crippen molar-refractivity contribution in [2.75, 3.05) is 11.9 Å². The highest BCUT2D eigenvalue weighted by atomic mass is 35.5. The van der Waals surface area contributed by atoms with E-state index in [1.807, 2.05) is 55.5 Å². The van der Waals surface area contributed by atoms with Crippen molar-refractivity contribution in [2.45, 2.75) is 33.1 Å². The Bertz CT molecular complexity index is 1250. The molecule has 1 heterocycles. The lowest BCUT2D eigenvalue weighted by Gasteiger charge is -2.11. The highest BCUT2D eigenvalue weighted by molar-refractivity contribution is 6.33. The molecular formula is C26H25ClN2O3. The van der Waals surface area contributed by atoms with Crippen molar-refractivity contribution in [1.29, 1.82) is 0 Å². The minimum absolute atomic E-state index is 0.120. The van der Waals surface area contributed by atoms with Crippen molar-refractivity contribution in [1.82, 2.24) is 4.98 Å². The number of hydrogen-bond donors (Lipinski definition) is 1. The fourth-order valence-electron chi connectivity index (χ4n) is 3.38. The van der Waals surface area contributed by atoms with E-state index in [4.69, 9.17) is 20.8 Å². The molecule has 0 fully saturated rings. The Morgan fingerprint density at radius 3 is 2.66 bits per heavy atom. The minimum Gasteiger partial charge on any atom is -0.484 e. The molecule has 1 amide bonds. The Morgan fingerprint density at radius 2 is 1.91 bits per heavy atom.